The molecule has 0 aromatic heterocycles. The first-order valence-electron chi connectivity index (χ1n) is 9.67. The van der Waals surface area contributed by atoms with E-state index in [1.54, 1.807) is 6.07 Å². The number of hydrogen-bond acceptors (Lipinski definition) is 5. The Labute approximate surface area is 185 Å². The van der Waals surface area contributed by atoms with Crippen LogP contribution in [0.25, 0.3) is 0 Å². The normalized spacial score (nSPS) is 15.4. The summed E-state index contributed by atoms with van der Waals surface area (Å²) >= 11 is 0.658. The second-order valence-corrected chi connectivity index (χ2v) is 7.94. The molecule has 2 aromatic carbocycles. The molecule has 6 nitrogen and oxygen atoms in total. The highest BCUT2D eigenvalue weighted by Crippen LogP contribution is 2.41. The number of carboxylic acids is 1. The van der Waals surface area contributed by atoms with E-state index >= 15 is 0 Å². The highest BCUT2D eigenvalue weighted by atomic mass is 32.2. The Kier molecular flexibility index (Phi) is 6.87. The van der Waals surface area contributed by atoms with Crippen LogP contribution in [0.2, 0.25) is 0 Å². The van der Waals surface area contributed by atoms with Gasteiger partial charge >= 0.3 is 12.1 Å². The fourth-order valence-electron chi connectivity index (χ4n) is 3.48. The van der Waals surface area contributed by atoms with E-state index in [4.69, 9.17) is 4.74 Å². The lowest BCUT2D eigenvalue weighted by atomic mass is 9.97. The molecule has 172 valence electrons. The first kappa shape index (κ1) is 23.7. The Bertz CT molecular complexity index is 1070. The van der Waals surface area contributed by atoms with Crippen LogP contribution in [-0.2, 0) is 10.5 Å². The number of carbonyl (C=O) groups excluding carboxylic acids is 1. The first-order chi connectivity index (χ1) is 15.1. The van der Waals surface area contributed by atoms with Gasteiger partial charge in [-0.15, -0.1) is 0 Å². The SMILES string of the molecule is CCCN1C(=O)OC(C)c2c1ccc(NSCc1c(F)c(F)c(C)c(F)c1F)c2C(=O)O. The minimum Gasteiger partial charge on any atom is -0.478 e. The van der Waals surface area contributed by atoms with Gasteiger partial charge in [-0.2, -0.15) is 0 Å². The monoisotopic (exact) mass is 472 g/mol. The quantitative estimate of drug-likeness (QED) is 0.295. The van der Waals surface area contributed by atoms with Gasteiger partial charge in [-0.3, -0.25) is 4.90 Å². The maximum atomic E-state index is 14.1. The molecule has 0 aliphatic carbocycles. The zero-order valence-corrected chi connectivity index (χ0v) is 18.2. The number of nitrogens with zero attached hydrogens (tertiary/aromatic N) is 1. The largest absolute Gasteiger partial charge is 0.478 e. The number of carbonyl (C=O) groups is 2. The Morgan fingerprint density at radius 3 is 2.38 bits per heavy atom. The number of halogens is 4. The van der Waals surface area contributed by atoms with Crippen LogP contribution in [0.4, 0.5) is 33.7 Å². The van der Waals surface area contributed by atoms with Crippen molar-refractivity contribution < 1.29 is 37.0 Å². The average Bonchev–Trinajstić information content (AvgIpc) is 2.75. The summed E-state index contributed by atoms with van der Waals surface area (Å²) in [6.45, 7) is 4.63. The fourth-order valence-corrected chi connectivity index (χ4v) is 4.27. The minimum atomic E-state index is -1.50. The summed E-state index contributed by atoms with van der Waals surface area (Å²) in [5.41, 5.74) is -1.02. The summed E-state index contributed by atoms with van der Waals surface area (Å²) < 4.78 is 63.7. The van der Waals surface area contributed by atoms with Crippen molar-refractivity contribution in [3.8, 4) is 0 Å². The number of carboxylic acid groups (broad SMARTS) is 1. The van der Waals surface area contributed by atoms with E-state index in [1.807, 2.05) is 6.92 Å². The van der Waals surface area contributed by atoms with Gasteiger partial charge in [0.25, 0.3) is 0 Å². The van der Waals surface area contributed by atoms with Gasteiger partial charge in [-0.05, 0) is 44.3 Å². The topological polar surface area (TPSA) is 78.9 Å². The van der Waals surface area contributed by atoms with Crippen molar-refractivity contribution in [2.75, 3.05) is 16.2 Å². The predicted octanol–water partition coefficient (Wildman–Crippen LogP) is 5.94. The van der Waals surface area contributed by atoms with Crippen molar-refractivity contribution in [2.24, 2.45) is 0 Å². The van der Waals surface area contributed by atoms with Crippen molar-refractivity contribution in [3.63, 3.8) is 0 Å². The van der Waals surface area contributed by atoms with E-state index in [9.17, 15) is 32.3 Å². The lowest BCUT2D eigenvalue weighted by Gasteiger charge is -2.33. The summed E-state index contributed by atoms with van der Waals surface area (Å²) in [5, 5.41) is 9.80. The molecule has 11 heteroatoms. The van der Waals surface area contributed by atoms with E-state index in [0.29, 0.717) is 30.6 Å². The fraction of sp³-hybridized carbons (Fsp3) is 0.333. The Morgan fingerprint density at radius 2 is 1.81 bits per heavy atom. The Morgan fingerprint density at radius 1 is 1.19 bits per heavy atom. The van der Waals surface area contributed by atoms with Gasteiger partial charge in [0.05, 0.1) is 16.9 Å². The molecule has 1 atom stereocenters. The molecule has 1 aliphatic heterocycles. The van der Waals surface area contributed by atoms with Gasteiger partial charge in [0.1, 0.15) is 6.10 Å². The zero-order valence-electron chi connectivity index (χ0n) is 17.4. The molecule has 1 unspecified atom stereocenters. The van der Waals surface area contributed by atoms with Crippen molar-refractivity contribution in [2.45, 2.75) is 39.0 Å². The first-order valence-corrected chi connectivity index (χ1v) is 10.7. The number of benzene rings is 2. The summed E-state index contributed by atoms with van der Waals surface area (Å²) in [7, 11) is 0. The molecule has 32 heavy (non-hydrogen) atoms. The third-order valence-corrected chi connectivity index (χ3v) is 5.85. The summed E-state index contributed by atoms with van der Waals surface area (Å²) in [4.78, 5) is 25.6. The van der Waals surface area contributed by atoms with E-state index in [0.717, 1.165) is 6.92 Å². The highest BCUT2D eigenvalue weighted by molar-refractivity contribution is 7.99. The van der Waals surface area contributed by atoms with Crippen LogP contribution in [0.15, 0.2) is 12.1 Å². The molecule has 2 N–H and O–H groups in total. The van der Waals surface area contributed by atoms with Crippen LogP contribution in [-0.4, -0.2) is 23.7 Å². The summed E-state index contributed by atoms with van der Waals surface area (Å²) in [5.74, 6) is -7.80. The van der Waals surface area contributed by atoms with Crippen LogP contribution in [0.5, 0.6) is 0 Å². The summed E-state index contributed by atoms with van der Waals surface area (Å²) in [6.07, 6.45) is -0.826. The molecular weight excluding hydrogens is 452 g/mol. The van der Waals surface area contributed by atoms with E-state index < -0.39 is 58.3 Å². The van der Waals surface area contributed by atoms with Crippen molar-refractivity contribution >= 4 is 35.4 Å². The molecule has 0 spiro atoms. The van der Waals surface area contributed by atoms with Gasteiger partial charge in [-0.25, -0.2) is 27.2 Å². The van der Waals surface area contributed by atoms with Crippen LogP contribution in [0.1, 0.15) is 53.4 Å². The van der Waals surface area contributed by atoms with Gasteiger partial charge in [0.2, 0.25) is 0 Å². The molecule has 0 bridgehead atoms. The number of anilines is 2. The number of hydrogen-bond donors (Lipinski definition) is 2. The highest BCUT2D eigenvalue weighted by Gasteiger charge is 2.35. The number of aromatic carboxylic acids is 1. The van der Waals surface area contributed by atoms with Crippen LogP contribution in [0, 0.1) is 30.2 Å². The standard InChI is InChI=1S/C21H20F4N2O4S/c1-4-7-27-13-6-5-12(15(20(28)29)14(13)10(3)31-21(27)30)26-32-8-11-18(24)16(22)9(2)17(23)19(11)25/h5-6,10,26H,4,7-8H2,1-3H3,(H,28,29). The molecule has 0 saturated carbocycles. The van der Waals surface area contributed by atoms with Gasteiger partial charge in [-0.1, -0.05) is 6.92 Å². The number of rotatable bonds is 7. The second-order valence-electron chi connectivity index (χ2n) is 7.15. The molecule has 2 aromatic rings. The van der Waals surface area contributed by atoms with Crippen molar-refractivity contribution in [1.29, 1.82) is 0 Å². The molecule has 1 aliphatic rings. The molecule has 1 amide bonds. The number of nitrogens with one attached hydrogen (secondary N) is 1. The molecular formula is C21H20F4N2O4S. The lowest BCUT2D eigenvalue weighted by molar-refractivity contribution is 0.0682. The maximum Gasteiger partial charge on any atom is 0.414 e. The third kappa shape index (κ3) is 4.08. The van der Waals surface area contributed by atoms with E-state index in [1.165, 1.54) is 17.9 Å². The summed E-state index contributed by atoms with van der Waals surface area (Å²) in [6, 6.07) is 2.95. The number of cyclic esters (lactones) is 1. The Balaban J connectivity index is 1.93. The molecule has 0 saturated heterocycles. The van der Waals surface area contributed by atoms with Gasteiger partial charge in [0, 0.05) is 29.0 Å². The second kappa shape index (κ2) is 9.27. The Hall–Kier alpha value is -2.95. The smallest absolute Gasteiger partial charge is 0.414 e. The molecule has 1 heterocycles. The minimum absolute atomic E-state index is 0.0800. The number of fused-ring (bicyclic) bond motifs is 1. The van der Waals surface area contributed by atoms with Crippen molar-refractivity contribution in [3.05, 3.63) is 57.7 Å². The van der Waals surface area contributed by atoms with Gasteiger partial charge in [0.15, 0.2) is 23.3 Å². The maximum absolute atomic E-state index is 14.1. The molecule has 3 rings (SSSR count). The van der Waals surface area contributed by atoms with Gasteiger partial charge < -0.3 is 14.6 Å². The third-order valence-electron chi connectivity index (χ3n) is 5.05. The van der Waals surface area contributed by atoms with E-state index in [-0.39, 0.29) is 16.8 Å². The van der Waals surface area contributed by atoms with Crippen molar-refractivity contribution in [1.82, 2.24) is 0 Å². The predicted molar refractivity (Wildman–Crippen MR) is 112 cm³/mol. The number of ether oxygens (including phenoxy) is 1. The molecule has 0 fully saturated rings. The van der Waals surface area contributed by atoms with Crippen LogP contribution >= 0.6 is 11.9 Å². The number of amides is 1. The van der Waals surface area contributed by atoms with Crippen LogP contribution < -0.4 is 9.62 Å². The zero-order chi connectivity index (χ0) is 23.7. The average molecular weight is 472 g/mol. The lowest BCUT2D eigenvalue weighted by Crippen LogP contribution is -2.38. The van der Waals surface area contributed by atoms with E-state index in [2.05, 4.69) is 4.72 Å². The van der Waals surface area contributed by atoms with Crippen LogP contribution in [0.3, 0.4) is 0 Å². The molecule has 0 radical (unpaired) electrons.